The lowest BCUT2D eigenvalue weighted by Gasteiger charge is -2.13. The third-order valence-corrected chi connectivity index (χ3v) is 4.23. The second kappa shape index (κ2) is 3.49. The molecule has 0 bridgehead atoms. The van der Waals surface area contributed by atoms with Gasteiger partial charge in [0.1, 0.15) is 0 Å². The first kappa shape index (κ1) is 10.2. The molecule has 0 saturated heterocycles. The lowest BCUT2D eigenvalue weighted by molar-refractivity contribution is 1.77. The van der Waals surface area contributed by atoms with Gasteiger partial charge in [0.2, 0.25) is 0 Å². The van der Waals surface area contributed by atoms with Crippen LogP contribution < -0.4 is 0 Å². The number of hydrogen-bond donors (Lipinski definition) is 0. The Morgan fingerprint density at radius 3 is 2.35 bits per heavy atom. The van der Waals surface area contributed by atoms with E-state index >= 15 is 0 Å². The maximum absolute atomic E-state index is 3.43. The van der Waals surface area contributed by atoms with Gasteiger partial charge in [-0.05, 0) is 67.4 Å². The lowest BCUT2D eigenvalue weighted by atomic mass is 9.90. The molecule has 0 unspecified atom stereocenters. The third kappa shape index (κ3) is 1.12. The predicted octanol–water partition coefficient (Wildman–Crippen LogP) is 5.34. The van der Waals surface area contributed by atoms with Crippen molar-refractivity contribution in [3.05, 3.63) is 72.8 Å². The van der Waals surface area contributed by atoms with Gasteiger partial charge in [-0.1, -0.05) is 48.5 Å². The van der Waals surface area contributed by atoms with Gasteiger partial charge in [0.05, 0.1) is 0 Å². The zero-order chi connectivity index (χ0) is 13.1. The zero-order valence-electron chi connectivity index (χ0n) is 10.8. The molecule has 0 N–H and O–H groups in total. The van der Waals surface area contributed by atoms with Gasteiger partial charge in [0.15, 0.2) is 0 Å². The molecule has 0 heteroatoms. The van der Waals surface area contributed by atoms with Gasteiger partial charge >= 0.3 is 0 Å². The topological polar surface area (TPSA) is 0 Å². The molecule has 0 nitrogen and oxygen atoms in total. The van der Waals surface area contributed by atoms with Crippen LogP contribution in [0.5, 0.6) is 0 Å². The number of benzene rings is 5. The summed E-state index contributed by atoms with van der Waals surface area (Å²) in [6.45, 7) is 0. The highest BCUT2D eigenvalue weighted by molar-refractivity contribution is 6.32. The quantitative estimate of drug-likeness (QED) is 0.257. The van der Waals surface area contributed by atoms with Crippen LogP contribution in [-0.4, -0.2) is 0 Å². The fourth-order valence-electron chi connectivity index (χ4n) is 3.41. The maximum Gasteiger partial charge on any atom is -0.00137 e. The summed E-state index contributed by atoms with van der Waals surface area (Å²) in [5, 5.41) is 10.3. The van der Waals surface area contributed by atoms with Gasteiger partial charge in [-0.15, -0.1) is 0 Å². The first-order valence-electron chi connectivity index (χ1n) is 6.80. The zero-order valence-corrected chi connectivity index (χ0v) is 10.8. The highest BCUT2D eigenvalue weighted by Gasteiger charge is 2.11. The van der Waals surface area contributed by atoms with Crippen molar-refractivity contribution in [1.82, 2.24) is 0 Å². The van der Waals surface area contributed by atoms with E-state index in [0.717, 1.165) is 0 Å². The molecule has 0 aliphatic heterocycles. The summed E-state index contributed by atoms with van der Waals surface area (Å²) >= 11 is 0. The van der Waals surface area contributed by atoms with Crippen molar-refractivity contribution in [1.29, 1.82) is 0 Å². The summed E-state index contributed by atoms with van der Waals surface area (Å²) in [6, 6.07) is 28.1. The molecule has 0 spiro atoms. The third-order valence-electron chi connectivity index (χ3n) is 4.23. The van der Waals surface area contributed by atoms with Crippen molar-refractivity contribution in [2.24, 2.45) is 0 Å². The fourth-order valence-corrected chi connectivity index (χ4v) is 3.41. The molecule has 0 aromatic heterocycles. The first-order valence-corrected chi connectivity index (χ1v) is 6.80. The van der Waals surface area contributed by atoms with E-state index in [2.05, 4.69) is 66.7 Å². The monoisotopic (exact) mass is 250 g/mol. The minimum atomic E-state index is 1.21. The van der Waals surface area contributed by atoms with E-state index in [-0.39, 0.29) is 0 Å². The second-order valence-corrected chi connectivity index (χ2v) is 5.26. The Bertz CT molecular complexity index is 917. The van der Waals surface area contributed by atoms with Crippen LogP contribution in [0.3, 0.4) is 0 Å². The molecule has 5 rings (SSSR count). The molecule has 0 saturated carbocycles. The molecule has 5 aromatic rings. The van der Waals surface area contributed by atoms with Crippen molar-refractivity contribution < 1.29 is 0 Å². The van der Waals surface area contributed by atoms with Crippen molar-refractivity contribution in [3.63, 3.8) is 0 Å². The standard InChI is InChI=1S/C20H10/c1-5-13-6-2-11-17-18-12-4-8-14-7-3-10-16(20(14)18)15(9-1)19(13)17/h1-3,5-10,12H. The fraction of sp³-hybridized carbons (Fsp3) is 0. The van der Waals surface area contributed by atoms with Crippen LogP contribution >= 0.6 is 0 Å². The average molecular weight is 250 g/mol. The predicted molar refractivity (Wildman–Crippen MR) is 85.3 cm³/mol. The van der Waals surface area contributed by atoms with Gasteiger partial charge < -0.3 is 0 Å². The molecule has 90 valence electrons. The van der Waals surface area contributed by atoms with Crippen LogP contribution in [-0.2, 0) is 0 Å². The summed E-state index contributed by atoms with van der Waals surface area (Å²) < 4.78 is 0. The van der Waals surface area contributed by atoms with Crippen LogP contribution in [0.25, 0.3) is 43.1 Å². The van der Waals surface area contributed by atoms with Gasteiger partial charge in [-0.2, -0.15) is 0 Å². The van der Waals surface area contributed by atoms with E-state index < -0.39 is 0 Å². The minimum Gasteiger partial charge on any atom is -0.0610 e. The Labute approximate surface area is 116 Å². The molecule has 0 aliphatic carbocycles. The average Bonchev–Trinajstić information content (AvgIpc) is 2.52. The van der Waals surface area contributed by atoms with E-state index in [1.807, 2.05) is 6.07 Å². The molecule has 20 heavy (non-hydrogen) atoms. The molecule has 5 aromatic carbocycles. The minimum absolute atomic E-state index is 1.21. The highest BCUT2D eigenvalue weighted by atomic mass is 14.1. The van der Waals surface area contributed by atoms with Gasteiger partial charge in [0.25, 0.3) is 0 Å². The van der Waals surface area contributed by atoms with Gasteiger partial charge in [-0.3, -0.25) is 0 Å². The second-order valence-electron chi connectivity index (χ2n) is 5.26. The van der Waals surface area contributed by atoms with Crippen LogP contribution in [0.4, 0.5) is 0 Å². The Hall–Kier alpha value is -2.60. The van der Waals surface area contributed by atoms with Crippen molar-refractivity contribution >= 4 is 43.1 Å². The van der Waals surface area contributed by atoms with Crippen LogP contribution in [0.2, 0.25) is 0 Å². The normalized spacial score (nSPS) is 12.0. The lowest BCUT2D eigenvalue weighted by Crippen LogP contribution is -1.86. The molecule has 2 radical (unpaired) electrons. The first-order chi connectivity index (χ1) is 9.93. The summed E-state index contributed by atoms with van der Waals surface area (Å²) in [5.41, 5.74) is 0. The van der Waals surface area contributed by atoms with Crippen molar-refractivity contribution in [3.8, 4) is 0 Å². The Morgan fingerprint density at radius 1 is 0.650 bits per heavy atom. The molecule has 0 heterocycles. The summed E-state index contributed by atoms with van der Waals surface area (Å²) in [4.78, 5) is 0. The summed E-state index contributed by atoms with van der Waals surface area (Å²) in [5.74, 6) is 0. The van der Waals surface area contributed by atoms with E-state index in [4.69, 9.17) is 0 Å². The molecule has 0 atom stereocenters. The summed E-state index contributed by atoms with van der Waals surface area (Å²) in [6.07, 6.45) is 0. The number of hydrogen-bond acceptors (Lipinski definition) is 0. The van der Waals surface area contributed by atoms with Crippen LogP contribution in [0.15, 0.2) is 60.7 Å². The van der Waals surface area contributed by atoms with Gasteiger partial charge in [0, 0.05) is 0 Å². The highest BCUT2D eigenvalue weighted by Crippen LogP contribution is 2.39. The van der Waals surface area contributed by atoms with E-state index in [0.29, 0.717) is 0 Å². The number of rotatable bonds is 0. The van der Waals surface area contributed by atoms with E-state index in [1.165, 1.54) is 43.1 Å². The van der Waals surface area contributed by atoms with Crippen LogP contribution in [0, 0.1) is 12.1 Å². The molecule has 0 fully saturated rings. The molecule has 0 amide bonds. The Balaban J connectivity index is 2.32. The molecule has 0 aliphatic rings. The van der Waals surface area contributed by atoms with Crippen molar-refractivity contribution in [2.45, 2.75) is 0 Å². The van der Waals surface area contributed by atoms with Crippen molar-refractivity contribution in [2.75, 3.05) is 0 Å². The Kier molecular flexibility index (Phi) is 1.78. The van der Waals surface area contributed by atoms with Crippen LogP contribution in [0.1, 0.15) is 0 Å². The van der Waals surface area contributed by atoms with E-state index in [1.54, 1.807) is 0 Å². The Morgan fingerprint density at radius 2 is 1.45 bits per heavy atom. The molecular weight excluding hydrogens is 240 g/mol. The summed E-state index contributed by atoms with van der Waals surface area (Å²) in [7, 11) is 0. The molecular formula is C20H10. The largest absolute Gasteiger partial charge is 0.0610 e. The SMILES string of the molecule is [c]1cc2cccc3c4cccc5cc[c]c(c(c1)c23)c54. The van der Waals surface area contributed by atoms with E-state index in [9.17, 15) is 0 Å². The number of fused-ring (bicyclic) bond motifs is 2. The smallest absolute Gasteiger partial charge is 0.00137 e. The van der Waals surface area contributed by atoms with Gasteiger partial charge in [-0.25, -0.2) is 0 Å². The maximum atomic E-state index is 3.43.